The monoisotopic (exact) mass is 419 g/mol. The van der Waals surface area contributed by atoms with Gasteiger partial charge >= 0.3 is 5.97 Å². The van der Waals surface area contributed by atoms with Crippen molar-refractivity contribution in [1.82, 2.24) is 4.90 Å². The van der Waals surface area contributed by atoms with Crippen LogP contribution in [0.25, 0.3) is 17.4 Å². The normalized spacial score (nSPS) is 16.9. The molecule has 2 heterocycles. The molecule has 8 heteroatoms. The number of hydrogen-bond acceptors (Lipinski definition) is 6. The van der Waals surface area contributed by atoms with Crippen molar-refractivity contribution in [3.05, 3.63) is 53.1 Å². The number of thioether (sulfide) groups is 2. The van der Waals surface area contributed by atoms with Gasteiger partial charge in [0.15, 0.2) is 0 Å². The van der Waals surface area contributed by atoms with Gasteiger partial charge < -0.3 is 9.52 Å². The summed E-state index contributed by atoms with van der Waals surface area (Å²) in [5.41, 5.74) is 0.938. The van der Waals surface area contributed by atoms with Crippen molar-refractivity contribution in [1.29, 1.82) is 0 Å². The van der Waals surface area contributed by atoms with Crippen molar-refractivity contribution >= 4 is 58.0 Å². The largest absolute Gasteiger partial charge is 0.480 e. The second-order valence-electron chi connectivity index (χ2n) is 5.76. The number of amides is 1. The van der Waals surface area contributed by atoms with Gasteiger partial charge in [-0.2, -0.15) is 11.8 Å². The van der Waals surface area contributed by atoms with Gasteiger partial charge in [-0.25, -0.2) is 4.79 Å². The number of furan rings is 1. The third kappa shape index (κ3) is 4.45. The van der Waals surface area contributed by atoms with Gasteiger partial charge in [0.25, 0.3) is 5.91 Å². The molecule has 1 fully saturated rings. The first-order valence-electron chi connectivity index (χ1n) is 8.15. The van der Waals surface area contributed by atoms with E-state index in [1.54, 1.807) is 12.1 Å². The van der Waals surface area contributed by atoms with E-state index in [1.807, 2.05) is 42.7 Å². The summed E-state index contributed by atoms with van der Waals surface area (Å²) >= 11 is 7.90. The number of carbonyl (C=O) groups excluding carboxylic acids is 1. The summed E-state index contributed by atoms with van der Waals surface area (Å²) in [6.07, 6.45) is 3.85. The first kappa shape index (κ1) is 19.7. The number of thiocarbonyl (C=S) groups is 1. The van der Waals surface area contributed by atoms with Crippen LogP contribution in [0.3, 0.4) is 0 Å². The molecule has 1 N–H and O–H groups in total. The van der Waals surface area contributed by atoms with Gasteiger partial charge in [-0.1, -0.05) is 54.3 Å². The first-order valence-corrected chi connectivity index (χ1v) is 10.8. The number of carbonyl (C=O) groups is 2. The molecule has 0 aliphatic carbocycles. The molecule has 0 spiro atoms. The highest BCUT2D eigenvalue weighted by molar-refractivity contribution is 8.26. The molecule has 1 saturated heterocycles. The van der Waals surface area contributed by atoms with Gasteiger partial charge in [0.2, 0.25) is 0 Å². The number of hydrogen-bond donors (Lipinski definition) is 1. The van der Waals surface area contributed by atoms with E-state index >= 15 is 0 Å². The molecule has 0 saturated carbocycles. The van der Waals surface area contributed by atoms with E-state index in [9.17, 15) is 14.7 Å². The van der Waals surface area contributed by atoms with E-state index in [1.165, 1.54) is 16.7 Å². The second-order valence-corrected chi connectivity index (χ2v) is 8.42. The minimum absolute atomic E-state index is 0.259. The van der Waals surface area contributed by atoms with Crippen LogP contribution in [0.2, 0.25) is 0 Å². The molecule has 1 aliphatic heterocycles. The van der Waals surface area contributed by atoms with Crippen LogP contribution >= 0.6 is 35.7 Å². The molecule has 1 aliphatic rings. The second kappa shape index (κ2) is 8.77. The van der Waals surface area contributed by atoms with Gasteiger partial charge in [-0.05, 0) is 30.6 Å². The van der Waals surface area contributed by atoms with Crippen LogP contribution in [-0.2, 0) is 9.59 Å². The third-order valence-corrected chi connectivity index (χ3v) is 5.95. The Morgan fingerprint density at radius 3 is 2.74 bits per heavy atom. The standard InChI is InChI=1S/C19H17NO4S3/c1-26-10-9-14(18(22)23)20-17(21)16(27-19(20)25)11-13-7-8-15(24-13)12-5-3-2-4-6-12/h2-8,11,14H,9-10H2,1H3,(H,22,23)/b16-11-. The number of rotatable bonds is 7. The van der Waals surface area contributed by atoms with E-state index < -0.39 is 17.9 Å². The fraction of sp³-hybridized carbons (Fsp3) is 0.211. The van der Waals surface area contributed by atoms with Crippen LogP contribution in [0.15, 0.2) is 51.8 Å². The van der Waals surface area contributed by atoms with E-state index in [0.717, 1.165) is 17.3 Å². The number of carboxylic acids is 1. The van der Waals surface area contributed by atoms with E-state index in [-0.39, 0.29) is 4.32 Å². The van der Waals surface area contributed by atoms with Crippen molar-refractivity contribution < 1.29 is 19.1 Å². The van der Waals surface area contributed by atoms with Crippen molar-refractivity contribution in [2.24, 2.45) is 0 Å². The molecule has 2 aromatic rings. The maximum atomic E-state index is 12.7. The minimum atomic E-state index is -1.05. The lowest BCUT2D eigenvalue weighted by atomic mass is 10.2. The number of nitrogens with zero attached hydrogens (tertiary/aromatic N) is 1. The average molecular weight is 420 g/mol. The van der Waals surface area contributed by atoms with Gasteiger partial charge in [0.05, 0.1) is 4.91 Å². The summed E-state index contributed by atoms with van der Waals surface area (Å²) < 4.78 is 6.06. The lowest BCUT2D eigenvalue weighted by molar-refractivity contribution is -0.145. The lowest BCUT2D eigenvalue weighted by Crippen LogP contribution is -2.44. The topological polar surface area (TPSA) is 70.8 Å². The Hall–Kier alpha value is -2.03. The molecule has 1 unspecified atom stereocenters. The molecule has 1 amide bonds. The first-order chi connectivity index (χ1) is 13.0. The Morgan fingerprint density at radius 2 is 2.07 bits per heavy atom. The van der Waals surface area contributed by atoms with Crippen molar-refractivity contribution in [3.63, 3.8) is 0 Å². The maximum Gasteiger partial charge on any atom is 0.326 e. The highest BCUT2D eigenvalue weighted by atomic mass is 32.2. The van der Waals surface area contributed by atoms with E-state index in [4.69, 9.17) is 16.6 Å². The fourth-order valence-electron chi connectivity index (χ4n) is 2.66. The van der Waals surface area contributed by atoms with Gasteiger partial charge in [0.1, 0.15) is 21.9 Å². The Bertz CT molecular complexity index is 891. The van der Waals surface area contributed by atoms with Crippen LogP contribution in [0.4, 0.5) is 0 Å². The molecule has 27 heavy (non-hydrogen) atoms. The van der Waals surface area contributed by atoms with Crippen molar-refractivity contribution in [2.75, 3.05) is 12.0 Å². The molecule has 1 aromatic carbocycles. The molecular formula is C19H17NO4S3. The zero-order valence-electron chi connectivity index (χ0n) is 14.5. The highest BCUT2D eigenvalue weighted by Crippen LogP contribution is 2.35. The lowest BCUT2D eigenvalue weighted by Gasteiger charge is -2.22. The van der Waals surface area contributed by atoms with Crippen molar-refractivity contribution in [2.45, 2.75) is 12.5 Å². The molecular weight excluding hydrogens is 402 g/mol. The Morgan fingerprint density at radius 1 is 1.33 bits per heavy atom. The predicted octanol–water partition coefficient (Wildman–Crippen LogP) is 4.35. The van der Waals surface area contributed by atoms with Crippen LogP contribution in [0.5, 0.6) is 0 Å². The third-order valence-electron chi connectivity index (χ3n) is 3.97. The summed E-state index contributed by atoms with van der Waals surface area (Å²) in [4.78, 5) is 25.9. The van der Waals surface area contributed by atoms with Crippen molar-refractivity contribution in [3.8, 4) is 11.3 Å². The molecule has 3 rings (SSSR count). The Labute approximate surface area is 170 Å². The minimum Gasteiger partial charge on any atom is -0.480 e. The Balaban J connectivity index is 1.82. The summed E-state index contributed by atoms with van der Waals surface area (Å²) in [5, 5.41) is 9.49. The van der Waals surface area contributed by atoms with Crippen LogP contribution < -0.4 is 0 Å². The number of benzene rings is 1. The molecule has 0 radical (unpaired) electrons. The van der Waals surface area contributed by atoms with Gasteiger partial charge in [-0.15, -0.1) is 0 Å². The summed E-state index contributed by atoms with van der Waals surface area (Å²) in [7, 11) is 0. The molecule has 1 atom stereocenters. The van der Waals surface area contributed by atoms with Gasteiger partial charge in [-0.3, -0.25) is 9.69 Å². The fourth-order valence-corrected chi connectivity index (χ4v) is 4.45. The maximum absolute atomic E-state index is 12.7. The quantitative estimate of drug-likeness (QED) is 0.528. The summed E-state index contributed by atoms with van der Waals surface area (Å²) in [5.74, 6) is 0.402. The molecule has 140 valence electrons. The zero-order valence-corrected chi connectivity index (χ0v) is 16.9. The number of aliphatic carboxylic acids is 1. The van der Waals surface area contributed by atoms with E-state index in [0.29, 0.717) is 28.6 Å². The van der Waals surface area contributed by atoms with Crippen LogP contribution in [0, 0.1) is 0 Å². The van der Waals surface area contributed by atoms with Crippen LogP contribution in [0.1, 0.15) is 12.2 Å². The highest BCUT2D eigenvalue weighted by Gasteiger charge is 2.40. The SMILES string of the molecule is CSCCC(C(=O)O)N1C(=O)/C(=C/c2ccc(-c3ccccc3)o2)SC1=S. The Kier molecular flexibility index (Phi) is 6.41. The van der Waals surface area contributed by atoms with Crippen LogP contribution in [-0.4, -0.2) is 44.3 Å². The molecule has 0 bridgehead atoms. The smallest absolute Gasteiger partial charge is 0.326 e. The molecule has 5 nitrogen and oxygen atoms in total. The zero-order chi connectivity index (χ0) is 19.4. The number of carboxylic acid groups (broad SMARTS) is 1. The average Bonchev–Trinajstić information content (AvgIpc) is 3.22. The van der Waals surface area contributed by atoms with Gasteiger partial charge in [0, 0.05) is 11.6 Å². The summed E-state index contributed by atoms with van der Waals surface area (Å²) in [6, 6.07) is 12.3. The molecule has 1 aromatic heterocycles. The predicted molar refractivity (Wildman–Crippen MR) is 114 cm³/mol. The van der Waals surface area contributed by atoms with E-state index in [2.05, 4.69) is 0 Å². The summed E-state index contributed by atoms with van der Waals surface area (Å²) in [6.45, 7) is 0.